The first-order chi connectivity index (χ1) is 15.6. The molecule has 0 saturated heterocycles. The Bertz CT molecular complexity index is 1240. The van der Waals surface area contributed by atoms with Crippen LogP contribution in [0, 0.1) is 20.8 Å². The second kappa shape index (κ2) is 9.97. The van der Waals surface area contributed by atoms with E-state index in [1.165, 1.54) is 18.3 Å². The van der Waals surface area contributed by atoms with Crippen LogP contribution in [0.15, 0.2) is 18.2 Å². The lowest BCUT2D eigenvalue weighted by atomic mass is 10.1. The standard InChI is InChI=1S/C24H28ClN3O4S/c1-7-18(22(30)27-17-11-16(25)10-9-12(17)3)28-21(24(31)32-8-2)20(26-15(6)29)19-13(4)14(5)33-23(19)28/h9-11,18H,7-8H2,1-6H3,(H,26,29)(H,27,30)/t18-/m0/s1. The summed E-state index contributed by atoms with van der Waals surface area (Å²) < 4.78 is 7.04. The molecule has 33 heavy (non-hydrogen) atoms. The summed E-state index contributed by atoms with van der Waals surface area (Å²) in [6, 6.07) is 4.57. The molecule has 0 spiro atoms. The third-order valence-corrected chi connectivity index (χ3v) is 6.98. The van der Waals surface area contributed by atoms with Crippen molar-refractivity contribution in [3.05, 3.63) is 44.9 Å². The summed E-state index contributed by atoms with van der Waals surface area (Å²) in [5.41, 5.74) is 2.97. The van der Waals surface area contributed by atoms with Crippen molar-refractivity contribution < 1.29 is 19.1 Å². The maximum Gasteiger partial charge on any atom is 0.357 e. The fourth-order valence-electron chi connectivity index (χ4n) is 3.84. The van der Waals surface area contributed by atoms with Gasteiger partial charge in [-0.3, -0.25) is 9.59 Å². The Hall–Kier alpha value is -2.84. The van der Waals surface area contributed by atoms with Gasteiger partial charge in [0.25, 0.3) is 0 Å². The summed E-state index contributed by atoms with van der Waals surface area (Å²) in [7, 11) is 0. The SMILES string of the molecule is CCOC(=O)c1c(NC(C)=O)c2c(C)c(C)sc2n1[C@@H](CC)C(=O)Nc1cc(Cl)ccc1C. The molecule has 9 heteroatoms. The first-order valence-electron chi connectivity index (χ1n) is 10.8. The molecular formula is C24H28ClN3O4S. The third kappa shape index (κ3) is 4.77. The highest BCUT2D eigenvalue weighted by molar-refractivity contribution is 7.19. The van der Waals surface area contributed by atoms with E-state index in [4.69, 9.17) is 16.3 Å². The second-order valence-electron chi connectivity index (χ2n) is 7.83. The number of benzene rings is 1. The van der Waals surface area contributed by atoms with Crippen LogP contribution < -0.4 is 10.6 Å². The van der Waals surface area contributed by atoms with Gasteiger partial charge in [-0.15, -0.1) is 11.3 Å². The van der Waals surface area contributed by atoms with E-state index in [2.05, 4.69) is 10.6 Å². The molecule has 0 saturated carbocycles. The highest BCUT2D eigenvalue weighted by atomic mass is 35.5. The van der Waals surface area contributed by atoms with Crippen molar-refractivity contribution in [2.75, 3.05) is 17.2 Å². The Kier molecular flexibility index (Phi) is 7.49. The zero-order chi connectivity index (χ0) is 24.4. The molecule has 1 aromatic carbocycles. The highest BCUT2D eigenvalue weighted by Gasteiger charge is 2.33. The number of hydrogen-bond donors (Lipinski definition) is 2. The first kappa shape index (κ1) is 24.8. The Morgan fingerprint density at radius 3 is 2.45 bits per heavy atom. The van der Waals surface area contributed by atoms with Crippen LogP contribution in [0.4, 0.5) is 11.4 Å². The van der Waals surface area contributed by atoms with Crippen molar-refractivity contribution in [2.45, 2.75) is 54.0 Å². The van der Waals surface area contributed by atoms with Crippen LogP contribution >= 0.6 is 22.9 Å². The first-order valence-corrected chi connectivity index (χ1v) is 12.0. The molecule has 0 bridgehead atoms. The zero-order valence-corrected chi connectivity index (χ0v) is 21.2. The molecule has 7 nitrogen and oxygen atoms in total. The van der Waals surface area contributed by atoms with Gasteiger partial charge >= 0.3 is 5.97 Å². The maximum absolute atomic E-state index is 13.5. The fraction of sp³-hybridized carbons (Fsp3) is 0.375. The molecule has 3 rings (SSSR count). The van der Waals surface area contributed by atoms with Crippen LogP contribution in [-0.2, 0) is 14.3 Å². The van der Waals surface area contributed by atoms with Gasteiger partial charge in [0, 0.05) is 27.9 Å². The van der Waals surface area contributed by atoms with Crippen LogP contribution in [-0.4, -0.2) is 29.0 Å². The zero-order valence-electron chi connectivity index (χ0n) is 19.6. The van der Waals surface area contributed by atoms with Crippen molar-refractivity contribution >= 4 is 62.3 Å². The summed E-state index contributed by atoms with van der Waals surface area (Å²) in [5.74, 6) is -1.19. The summed E-state index contributed by atoms with van der Waals surface area (Å²) >= 11 is 7.60. The number of carbonyl (C=O) groups excluding carboxylic acids is 3. The lowest BCUT2D eigenvalue weighted by Gasteiger charge is -2.21. The molecule has 176 valence electrons. The van der Waals surface area contributed by atoms with Crippen molar-refractivity contribution in [1.29, 1.82) is 0 Å². The molecule has 1 atom stereocenters. The van der Waals surface area contributed by atoms with Gasteiger partial charge in [-0.05, 0) is 57.4 Å². The van der Waals surface area contributed by atoms with E-state index in [0.717, 1.165) is 26.2 Å². The second-order valence-corrected chi connectivity index (χ2v) is 9.47. The average Bonchev–Trinajstić information content (AvgIpc) is 3.19. The Morgan fingerprint density at radius 1 is 1.15 bits per heavy atom. The van der Waals surface area contributed by atoms with Gasteiger partial charge in [0.05, 0.1) is 12.3 Å². The van der Waals surface area contributed by atoms with Gasteiger partial charge in [0.2, 0.25) is 11.8 Å². The fourth-order valence-corrected chi connectivity index (χ4v) is 5.23. The van der Waals surface area contributed by atoms with E-state index in [0.29, 0.717) is 22.8 Å². The number of rotatable bonds is 7. The number of amides is 2. The number of thiophene rings is 1. The largest absolute Gasteiger partial charge is 0.461 e. The minimum Gasteiger partial charge on any atom is -0.461 e. The number of aromatic nitrogens is 1. The number of anilines is 2. The van der Waals surface area contributed by atoms with Gasteiger partial charge in [-0.2, -0.15) is 0 Å². The van der Waals surface area contributed by atoms with E-state index in [9.17, 15) is 14.4 Å². The monoisotopic (exact) mass is 489 g/mol. The molecule has 2 heterocycles. The van der Waals surface area contributed by atoms with Crippen molar-refractivity contribution in [2.24, 2.45) is 0 Å². The predicted octanol–water partition coefficient (Wildman–Crippen LogP) is 6.01. The average molecular weight is 490 g/mol. The summed E-state index contributed by atoms with van der Waals surface area (Å²) in [6.45, 7) is 10.9. The Morgan fingerprint density at radius 2 is 1.85 bits per heavy atom. The number of fused-ring (bicyclic) bond motifs is 1. The minimum absolute atomic E-state index is 0.167. The summed E-state index contributed by atoms with van der Waals surface area (Å²) in [5, 5.41) is 7.03. The van der Waals surface area contributed by atoms with E-state index in [-0.39, 0.29) is 24.1 Å². The third-order valence-electron chi connectivity index (χ3n) is 5.54. The van der Waals surface area contributed by atoms with Gasteiger partial charge in [0.1, 0.15) is 10.9 Å². The molecule has 0 unspecified atom stereocenters. The lowest BCUT2D eigenvalue weighted by molar-refractivity contribution is -0.119. The van der Waals surface area contributed by atoms with Crippen LogP contribution in [0.2, 0.25) is 5.02 Å². The lowest BCUT2D eigenvalue weighted by Crippen LogP contribution is -2.28. The van der Waals surface area contributed by atoms with Gasteiger partial charge in [-0.1, -0.05) is 24.6 Å². The number of ether oxygens (including phenoxy) is 1. The number of halogens is 1. The molecule has 2 amide bonds. The smallest absolute Gasteiger partial charge is 0.357 e. The molecule has 0 radical (unpaired) electrons. The van der Waals surface area contributed by atoms with Crippen molar-refractivity contribution in [3.8, 4) is 0 Å². The van der Waals surface area contributed by atoms with E-state index < -0.39 is 12.0 Å². The van der Waals surface area contributed by atoms with Crippen LogP contribution in [0.1, 0.15) is 59.7 Å². The van der Waals surface area contributed by atoms with Crippen LogP contribution in [0.3, 0.4) is 0 Å². The normalized spacial score (nSPS) is 12.0. The predicted molar refractivity (Wildman–Crippen MR) is 134 cm³/mol. The maximum atomic E-state index is 13.5. The molecular weight excluding hydrogens is 462 g/mol. The molecule has 0 fully saturated rings. The molecule has 3 aromatic rings. The number of nitrogens with one attached hydrogen (secondary N) is 2. The van der Waals surface area contributed by atoms with E-state index in [1.807, 2.05) is 33.8 Å². The Labute approximate surface area is 202 Å². The van der Waals surface area contributed by atoms with E-state index >= 15 is 0 Å². The topological polar surface area (TPSA) is 89.4 Å². The van der Waals surface area contributed by atoms with Gasteiger partial charge in [-0.25, -0.2) is 4.79 Å². The number of nitrogens with zero attached hydrogens (tertiary/aromatic N) is 1. The highest BCUT2D eigenvalue weighted by Crippen LogP contribution is 2.43. The van der Waals surface area contributed by atoms with Crippen molar-refractivity contribution in [1.82, 2.24) is 4.57 Å². The minimum atomic E-state index is -0.717. The van der Waals surface area contributed by atoms with E-state index in [1.54, 1.807) is 23.6 Å². The number of carbonyl (C=O) groups is 3. The number of hydrogen-bond acceptors (Lipinski definition) is 5. The van der Waals surface area contributed by atoms with Gasteiger partial charge < -0.3 is 19.9 Å². The van der Waals surface area contributed by atoms with Crippen LogP contribution in [0.5, 0.6) is 0 Å². The quantitative estimate of drug-likeness (QED) is 0.398. The number of aryl methyl sites for hydroxylation is 3. The molecule has 0 aliphatic carbocycles. The molecule has 2 aromatic heterocycles. The van der Waals surface area contributed by atoms with Crippen molar-refractivity contribution in [3.63, 3.8) is 0 Å². The molecule has 0 aliphatic rings. The van der Waals surface area contributed by atoms with Crippen LogP contribution in [0.25, 0.3) is 10.2 Å². The van der Waals surface area contributed by atoms with Gasteiger partial charge in [0.15, 0.2) is 5.69 Å². The molecule has 2 N–H and O–H groups in total. The summed E-state index contributed by atoms with van der Waals surface area (Å²) in [6.07, 6.45) is 0.414. The molecule has 0 aliphatic heterocycles. The Balaban J connectivity index is 2.23. The summed E-state index contributed by atoms with van der Waals surface area (Å²) in [4.78, 5) is 40.4. The number of esters is 1.